The Morgan fingerprint density at radius 2 is 1.97 bits per heavy atom. The minimum absolute atomic E-state index is 0.0422. The van der Waals surface area contributed by atoms with Crippen LogP contribution in [0.3, 0.4) is 0 Å². The number of nitrogens with one attached hydrogen (secondary N) is 2. The topological polar surface area (TPSA) is 112 Å². The van der Waals surface area contributed by atoms with Crippen molar-refractivity contribution < 1.29 is 18.9 Å². The first-order valence-corrected chi connectivity index (χ1v) is 10.4. The molecule has 0 atom stereocenters. The summed E-state index contributed by atoms with van der Waals surface area (Å²) in [5, 5.41) is 10.5. The van der Waals surface area contributed by atoms with Gasteiger partial charge in [-0.1, -0.05) is 23.4 Å². The molecule has 0 spiro atoms. The molecule has 3 aromatic rings. The van der Waals surface area contributed by atoms with E-state index in [1.54, 1.807) is 13.0 Å². The smallest absolute Gasteiger partial charge is 0.294 e. The lowest BCUT2D eigenvalue weighted by Gasteiger charge is -2.27. The number of carbonyl (C=O) groups excluding carboxylic acids is 3. The van der Waals surface area contributed by atoms with Crippen molar-refractivity contribution >= 4 is 28.6 Å². The van der Waals surface area contributed by atoms with E-state index >= 15 is 0 Å². The predicted molar refractivity (Wildman–Crippen MR) is 113 cm³/mol. The number of benzene rings is 1. The molecule has 162 valence electrons. The molecule has 1 saturated heterocycles. The number of rotatable bonds is 7. The van der Waals surface area contributed by atoms with Crippen LogP contribution < -0.4 is 5.32 Å². The Balaban J connectivity index is 1.24. The van der Waals surface area contributed by atoms with Crippen LogP contribution in [-0.4, -0.2) is 57.5 Å². The van der Waals surface area contributed by atoms with E-state index in [9.17, 15) is 14.4 Å². The molecule has 4 rings (SSSR count). The summed E-state index contributed by atoms with van der Waals surface area (Å²) in [5.74, 6) is -0.272. The first-order valence-electron chi connectivity index (χ1n) is 10.4. The molecule has 1 aliphatic rings. The zero-order valence-corrected chi connectivity index (χ0v) is 17.4. The van der Waals surface area contributed by atoms with E-state index in [0.717, 1.165) is 16.5 Å². The molecule has 0 saturated carbocycles. The fourth-order valence-electron chi connectivity index (χ4n) is 3.79. The van der Waals surface area contributed by atoms with Crippen LogP contribution in [0.2, 0.25) is 0 Å². The van der Waals surface area contributed by atoms with E-state index in [-0.39, 0.29) is 36.3 Å². The number of amides is 3. The highest BCUT2D eigenvalue weighted by Gasteiger charge is 2.32. The summed E-state index contributed by atoms with van der Waals surface area (Å²) in [6, 6.07) is 9.57. The molecule has 3 heterocycles. The number of aromatic amines is 1. The number of aromatic nitrogens is 2. The van der Waals surface area contributed by atoms with Crippen LogP contribution in [0.25, 0.3) is 10.9 Å². The van der Waals surface area contributed by atoms with Gasteiger partial charge in [0.05, 0.1) is 0 Å². The summed E-state index contributed by atoms with van der Waals surface area (Å²) >= 11 is 0. The largest absolute Gasteiger partial charge is 0.361 e. The summed E-state index contributed by atoms with van der Waals surface area (Å²) < 4.78 is 4.95. The van der Waals surface area contributed by atoms with Gasteiger partial charge in [-0.3, -0.25) is 19.4 Å². The molecule has 2 aromatic heterocycles. The fraction of sp³-hybridized carbons (Fsp3) is 0.364. The minimum atomic E-state index is -0.370. The SMILES string of the molecule is Cc1cc(C(=O)N2CCCN2C(=O)CCC(=O)NCCc2c[nH]c3ccccc23)no1. The Kier molecular flexibility index (Phi) is 6.01. The third-order valence-corrected chi connectivity index (χ3v) is 5.36. The summed E-state index contributed by atoms with van der Waals surface area (Å²) in [7, 11) is 0. The summed E-state index contributed by atoms with van der Waals surface area (Å²) in [6.45, 7) is 3.08. The Bertz CT molecular complexity index is 1100. The normalized spacial score (nSPS) is 13.7. The summed E-state index contributed by atoms with van der Waals surface area (Å²) in [6.07, 6.45) is 3.46. The first kappa shape index (κ1) is 20.6. The number of H-pyrrole nitrogens is 1. The second-order valence-electron chi connectivity index (χ2n) is 7.58. The third kappa shape index (κ3) is 4.60. The molecule has 9 nitrogen and oxygen atoms in total. The van der Waals surface area contributed by atoms with Gasteiger partial charge in [0.25, 0.3) is 5.91 Å². The average molecular weight is 423 g/mol. The molecule has 1 aromatic carbocycles. The number of fused-ring (bicyclic) bond motifs is 1. The van der Waals surface area contributed by atoms with Crippen LogP contribution in [0, 0.1) is 6.92 Å². The van der Waals surface area contributed by atoms with Gasteiger partial charge in [0, 0.05) is 55.6 Å². The number of nitrogens with zero attached hydrogens (tertiary/aromatic N) is 3. The van der Waals surface area contributed by atoms with Gasteiger partial charge in [0.1, 0.15) is 5.76 Å². The fourth-order valence-corrected chi connectivity index (χ4v) is 3.79. The minimum Gasteiger partial charge on any atom is -0.361 e. The van der Waals surface area contributed by atoms with Crippen LogP contribution in [0.4, 0.5) is 0 Å². The monoisotopic (exact) mass is 423 g/mol. The van der Waals surface area contributed by atoms with Crippen molar-refractivity contribution in [1.29, 1.82) is 0 Å². The molecule has 0 bridgehead atoms. The number of hydrogen-bond donors (Lipinski definition) is 2. The quantitative estimate of drug-likeness (QED) is 0.605. The van der Waals surface area contributed by atoms with Crippen molar-refractivity contribution in [3.8, 4) is 0 Å². The van der Waals surface area contributed by atoms with Crippen LogP contribution in [0.1, 0.15) is 41.1 Å². The molecule has 0 aliphatic carbocycles. The van der Waals surface area contributed by atoms with Crippen molar-refractivity contribution in [2.24, 2.45) is 0 Å². The number of para-hydroxylation sites is 1. The second-order valence-corrected chi connectivity index (χ2v) is 7.58. The number of aryl methyl sites for hydroxylation is 1. The molecule has 0 radical (unpaired) electrons. The highest BCUT2D eigenvalue weighted by molar-refractivity contribution is 5.94. The molecule has 0 unspecified atom stereocenters. The van der Waals surface area contributed by atoms with Crippen molar-refractivity contribution in [2.45, 2.75) is 32.6 Å². The van der Waals surface area contributed by atoms with E-state index in [1.165, 1.54) is 10.0 Å². The second kappa shape index (κ2) is 9.03. The summed E-state index contributed by atoms with van der Waals surface area (Å²) in [5.41, 5.74) is 2.38. The zero-order valence-electron chi connectivity index (χ0n) is 17.4. The Labute approximate surface area is 179 Å². The van der Waals surface area contributed by atoms with Crippen molar-refractivity contribution in [1.82, 2.24) is 25.5 Å². The van der Waals surface area contributed by atoms with E-state index in [2.05, 4.69) is 15.5 Å². The van der Waals surface area contributed by atoms with Gasteiger partial charge in [0.2, 0.25) is 11.8 Å². The number of carbonyl (C=O) groups is 3. The van der Waals surface area contributed by atoms with Gasteiger partial charge in [-0.15, -0.1) is 0 Å². The van der Waals surface area contributed by atoms with Gasteiger partial charge in [-0.2, -0.15) is 0 Å². The molecule has 9 heteroatoms. The van der Waals surface area contributed by atoms with Crippen LogP contribution in [0.15, 0.2) is 41.1 Å². The highest BCUT2D eigenvalue weighted by Crippen LogP contribution is 2.18. The Hall–Kier alpha value is -3.62. The Morgan fingerprint density at radius 1 is 1.16 bits per heavy atom. The van der Waals surface area contributed by atoms with Crippen molar-refractivity contribution in [2.75, 3.05) is 19.6 Å². The third-order valence-electron chi connectivity index (χ3n) is 5.36. The molecule has 3 amide bonds. The van der Waals surface area contributed by atoms with E-state index in [4.69, 9.17) is 4.52 Å². The van der Waals surface area contributed by atoms with Gasteiger partial charge >= 0.3 is 0 Å². The molecular weight excluding hydrogens is 398 g/mol. The standard InChI is InChI=1S/C22H25N5O4/c1-15-13-19(25-31-15)22(30)27-12-4-11-26(27)21(29)8-7-20(28)23-10-9-16-14-24-18-6-3-2-5-17(16)18/h2-3,5-6,13-14,24H,4,7-12H2,1H3,(H,23,28). The lowest BCUT2D eigenvalue weighted by Crippen LogP contribution is -2.45. The van der Waals surface area contributed by atoms with E-state index < -0.39 is 0 Å². The number of hydrazine groups is 1. The van der Waals surface area contributed by atoms with Gasteiger partial charge in [0.15, 0.2) is 5.69 Å². The predicted octanol–water partition coefficient (Wildman–Crippen LogP) is 2.19. The molecular formula is C22H25N5O4. The van der Waals surface area contributed by atoms with Crippen LogP contribution in [0.5, 0.6) is 0 Å². The molecule has 2 N–H and O–H groups in total. The van der Waals surface area contributed by atoms with Crippen LogP contribution in [-0.2, 0) is 16.0 Å². The zero-order chi connectivity index (χ0) is 21.8. The van der Waals surface area contributed by atoms with Crippen molar-refractivity contribution in [3.63, 3.8) is 0 Å². The van der Waals surface area contributed by atoms with Gasteiger partial charge in [-0.05, 0) is 31.4 Å². The highest BCUT2D eigenvalue weighted by atomic mass is 16.5. The van der Waals surface area contributed by atoms with Gasteiger partial charge < -0.3 is 14.8 Å². The van der Waals surface area contributed by atoms with E-state index in [0.29, 0.717) is 38.2 Å². The maximum atomic E-state index is 12.6. The van der Waals surface area contributed by atoms with Crippen molar-refractivity contribution in [3.05, 3.63) is 53.5 Å². The number of hydrogen-bond acceptors (Lipinski definition) is 5. The molecule has 31 heavy (non-hydrogen) atoms. The Morgan fingerprint density at radius 3 is 2.77 bits per heavy atom. The average Bonchev–Trinajstić information content (AvgIpc) is 3.51. The lowest BCUT2D eigenvalue weighted by molar-refractivity contribution is -0.141. The maximum Gasteiger partial charge on any atom is 0.294 e. The maximum absolute atomic E-state index is 12.6. The molecule has 1 aliphatic heterocycles. The van der Waals surface area contributed by atoms with E-state index in [1.807, 2.05) is 30.5 Å². The summed E-state index contributed by atoms with van der Waals surface area (Å²) in [4.78, 5) is 40.6. The molecule has 1 fully saturated rings. The van der Waals surface area contributed by atoms with Crippen LogP contribution >= 0.6 is 0 Å². The first-order chi connectivity index (χ1) is 15.0. The lowest BCUT2D eigenvalue weighted by atomic mass is 10.1. The van der Waals surface area contributed by atoms with Gasteiger partial charge in [-0.25, -0.2) is 5.01 Å².